The maximum atomic E-state index is 11.8. The van der Waals surface area contributed by atoms with Gasteiger partial charge in [0.2, 0.25) is 5.91 Å². The van der Waals surface area contributed by atoms with Crippen LogP contribution >= 0.6 is 0 Å². The molecule has 2 N–H and O–H groups in total. The summed E-state index contributed by atoms with van der Waals surface area (Å²) in [6.07, 6.45) is 1.91. The molecule has 0 aliphatic carbocycles. The molecule has 1 atom stereocenters. The first-order valence-electron chi connectivity index (χ1n) is 7.54. The second-order valence-electron chi connectivity index (χ2n) is 5.44. The molecule has 0 spiro atoms. The second kappa shape index (κ2) is 7.78. The quantitative estimate of drug-likeness (QED) is 0.867. The Morgan fingerprint density at radius 1 is 1.29 bits per heavy atom. The van der Waals surface area contributed by atoms with Crippen molar-refractivity contribution in [3.8, 4) is 0 Å². The highest BCUT2D eigenvalue weighted by atomic mass is 16.2. The van der Waals surface area contributed by atoms with E-state index in [0.29, 0.717) is 12.5 Å². The zero-order valence-corrected chi connectivity index (χ0v) is 12.5. The first-order valence-corrected chi connectivity index (χ1v) is 7.54. The SMILES string of the molecule is CCCNC(=O)NC(=O)CN1CC[C@@H](c2ccccc2)C1. The minimum absolute atomic E-state index is 0.239. The molecule has 1 saturated heterocycles. The highest BCUT2D eigenvalue weighted by Crippen LogP contribution is 2.26. The number of nitrogens with one attached hydrogen (secondary N) is 2. The van der Waals surface area contributed by atoms with E-state index in [1.807, 2.05) is 25.1 Å². The summed E-state index contributed by atoms with van der Waals surface area (Å²) in [6, 6.07) is 9.96. The Labute approximate surface area is 125 Å². The van der Waals surface area contributed by atoms with Crippen molar-refractivity contribution < 1.29 is 9.59 Å². The summed E-state index contributed by atoms with van der Waals surface area (Å²) in [5.41, 5.74) is 1.32. The molecule has 0 bridgehead atoms. The lowest BCUT2D eigenvalue weighted by atomic mass is 9.99. The van der Waals surface area contributed by atoms with Crippen LogP contribution in [0.1, 0.15) is 31.2 Å². The fourth-order valence-corrected chi connectivity index (χ4v) is 2.63. The van der Waals surface area contributed by atoms with Crippen molar-refractivity contribution in [3.63, 3.8) is 0 Å². The Kier molecular flexibility index (Phi) is 5.75. The smallest absolute Gasteiger partial charge is 0.321 e. The van der Waals surface area contributed by atoms with Crippen molar-refractivity contribution in [1.29, 1.82) is 0 Å². The van der Waals surface area contributed by atoms with Crippen LogP contribution in [0, 0.1) is 0 Å². The van der Waals surface area contributed by atoms with Crippen LogP contribution in [0.15, 0.2) is 30.3 Å². The number of nitrogens with zero attached hydrogens (tertiary/aromatic N) is 1. The van der Waals surface area contributed by atoms with Gasteiger partial charge in [0.25, 0.3) is 0 Å². The molecule has 1 aliphatic heterocycles. The van der Waals surface area contributed by atoms with Crippen LogP contribution in [0.4, 0.5) is 4.79 Å². The molecule has 114 valence electrons. The molecule has 0 aromatic heterocycles. The number of benzene rings is 1. The van der Waals surface area contributed by atoms with Crippen molar-refractivity contribution in [2.45, 2.75) is 25.7 Å². The Balaban J connectivity index is 1.75. The van der Waals surface area contributed by atoms with Gasteiger partial charge in [-0.2, -0.15) is 0 Å². The zero-order valence-electron chi connectivity index (χ0n) is 12.5. The monoisotopic (exact) mass is 289 g/mol. The number of carbonyl (C=O) groups is 2. The zero-order chi connectivity index (χ0) is 15.1. The number of urea groups is 1. The van der Waals surface area contributed by atoms with E-state index in [9.17, 15) is 9.59 Å². The molecule has 1 fully saturated rings. The summed E-state index contributed by atoms with van der Waals surface area (Å²) in [5.74, 6) is 0.241. The van der Waals surface area contributed by atoms with Crippen molar-refractivity contribution in [1.82, 2.24) is 15.5 Å². The fourth-order valence-electron chi connectivity index (χ4n) is 2.63. The number of likely N-dealkylation sites (tertiary alicyclic amines) is 1. The number of rotatable bonds is 5. The minimum Gasteiger partial charge on any atom is -0.338 e. The third kappa shape index (κ3) is 4.86. The van der Waals surface area contributed by atoms with Crippen molar-refractivity contribution in [3.05, 3.63) is 35.9 Å². The van der Waals surface area contributed by atoms with Crippen molar-refractivity contribution in [2.75, 3.05) is 26.2 Å². The summed E-state index contributed by atoms with van der Waals surface area (Å²) in [6.45, 7) is 4.59. The molecule has 2 rings (SSSR count). The van der Waals surface area contributed by atoms with Gasteiger partial charge in [-0.15, -0.1) is 0 Å². The van der Waals surface area contributed by atoms with Gasteiger partial charge >= 0.3 is 6.03 Å². The molecular weight excluding hydrogens is 266 g/mol. The summed E-state index contributed by atoms with van der Waals surface area (Å²) in [5, 5.41) is 5.00. The third-order valence-electron chi connectivity index (χ3n) is 3.70. The first kappa shape index (κ1) is 15.5. The molecule has 1 heterocycles. The number of carbonyl (C=O) groups excluding carboxylic acids is 2. The molecule has 5 nitrogen and oxygen atoms in total. The first-order chi connectivity index (χ1) is 10.2. The van der Waals surface area contributed by atoms with Gasteiger partial charge in [-0.1, -0.05) is 37.3 Å². The van der Waals surface area contributed by atoms with Gasteiger partial charge in [0.1, 0.15) is 0 Å². The van der Waals surface area contributed by atoms with Crippen LogP contribution in [0.2, 0.25) is 0 Å². The van der Waals surface area contributed by atoms with Crippen LogP contribution in [0.5, 0.6) is 0 Å². The normalized spacial score (nSPS) is 18.4. The van der Waals surface area contributed by atoms with Crippen LogP contribution in [0.25, 0.3) is 0 Å². The molecule has 0 unspecified atom stereocenters. The van der Waals surface area contributed by atoms with Gasteiger partial charge in [0.05, 0.1) is 6.54 Å². The van der Waals surface area contributed by atoms with Gasteiger partial charge in [0, 0.05) is 13.1 Å². The largest absolute Gasteiger partial charge is 0.338 e. The molecule has 5 heteroatoms. The summed E-state index contributed by atoms with van der Waals surface area (Å²) in [7, 11) is 0. The Bertz CT molecular complexity index is 476. The van der Waals surface area contributed by atoms with E-state index in [0.717, 1.165) is 25.9 Å². The molecule has 0 saturated carbocycles. The van der Waals surface area contributed by atoms with Gasteiger partial charge in [0.15, 0.2) is 0 Å². The molecule has 0 radical (unpaired) electrons. The molecule has 1 aliphatic rings. The predicted molar refractivity (Wildman–Crippen MR) is 82.1 cm³/mol. The van der Waals surface area contributed by atoms with E-state index >= 15 is 0 Å². The molecule has 1 aromatic rings. The minimum atomic E-state index is -0.402. The lowest BCUT2D eigenvalue weighted by Crippen LogP contribution is -2.44. The number of amides is 3. The molecule has 3 amide bonds. The fraction of sp³-hybridized carbons (Fsp3) is 0.500. The predicted octanol–water partition coefficient (Wildman–Crippen LogP) is 1.71. The lowest BCUT2D eigenvalue weighted by Gasteiger charge is -2.15. The standard InChI is InChI=1S/C16H23N3O2/c1-2-9-17-16(21)18-15(20)12-19-10-8-14(11-19)13-6-4-3-5-7-13/h3-7,14H,2,8-12H2,1H3,(H2,17,18,20,21)/t14-/m1/s1. The van der Waals surface area contributed by atoms with Gasteiger partial charge < -0.3 is 5.32 Å². The van der Waals surface area contributed by atoms with Crippen LogP contribution in [-0.2, 0) is 4.79 Å². The van der Waals surface area contributed by atoms with E-state index < -0.39 is 6.03 Å². The molecule has 21 heavy (non-hydrogen) atoms. The van der Waals surface area contributed by atoms with Crippen LogP contribution < -0.4 is 10.6 Å². The van der Waals surface area contributed by atoms with Gasteiger partial charge in [-0.05, 0) is 30.9 Å². The van der Waals surface area contributed by atoms with E-state index in [4.69, 9.17) is 0 Å². The van der Waals surface area contributed by atoms with Gasteiger partial charge in [-0.3, -0.25) is 15.0 Å². The van der Waals surface area contributed by atoms with E-state index in [-0.39, 0.29) is 12.5 Å². The maximum Gasteiger partial charge on any atom is 0.321 e. The van der Waals surface area contributed by atoms with E-state index in [2.05, 4.69) is 27.7 Å². The Morgan fingerprint density at radius 3 is 2.76 bits per heavy atom. The van der Waals surface area contributed by atoms with Crippen molar-refractivity contribution in [2.24, 2.45) is 0 Å². The highest BCUT2D eigenvalue weighted by Gasteiger charge is 2.25. The van der Waals surface area contributed by atoms with E-state index in [1.165, 1.54) is 5.56 Å². The van der Waals surface area contributed by atoms with E-state index in [1.54, 1.807) is 0 Å². The average Bonchev–Trinajstić information content (AvgIpc) is 2.94. The van der Waals surface area contributed by atoms with Crippen LogP contribution in [-0.4, -0.2) is 43.0 Å². The number of imide groups is 1. The van der Waals surface area contributed by atoms with Crippen LogP contribution in [0.3, 0.4) is 0 Å². The number of hydrogen-bond donors (Lipinski definition) is 2. The summed E-state index contributed by atoms with van der Waals surface area (Å²) >= 11 is 0. The molecule has 1 aromatic carbocycles. The Morgan fingerprint density at radius 2 is 2.05 bits per heavy atom. The summed E-state index contributed by atoms with van der Waals surface area (Å²) < 4.78 is 0. The summed E-state index contributed by atoms with van der Waals surface area (Å²) in [4.78, 5) is 25.3. The second-order valence-corrected chi connectivity index (χ2v) is 5.44. The van der Waals surface area contributed by atoms with Crippen molar-refractivity contribution >= 4 is 11.9 Å². The third-order valence-corrected chi connectivity index (χ3v) is 3.70. The highest BCUT2D eigenvalue weighted by molar-refractivity contribution is 5.95. The molecular formula is C16H23N3O2. The maximum absolute atomic E-state index is 11.8. The lowest BCUT2D eigenvalue weighted by molar-refractivity contribution is -0.120. The van der Waals surface area contributed by atoms with Gasteiger partial charge in [-0.25, -0.2) is 4.79 Å². The number of hydrogen-bond acceptors (Lipinski definition) is 3. The Hall–Kier alpha value is -1.88. The topological polar surface area (TPSA) is 61.4 Å². The average molecular weight is 289 g/mol.